The second-order valence-electron chi connectivity index (χ2n) is 3.67. The summed E-state index contributed by atoms with van der Waals surface area (Å²) < 4.78 is 0. The molecule has 4 N–H and O–H groups in total. The van der Waals surface area contributed by atoms with Crippen molar-refractivity contribution in [1.29, 1.82) is 5.41 Å². The van der Waals surface area contributed by atoms with E-state index >= 15 is 0 Å². The lowest BCUT2D eigenvalue weighted by molar-refractivity contribution is 0.438. The highest BCUT2D eigenvalue weighted by Crippen LogP contribution is 2.08. The average Bonchev–Trinajstić information content (AvgIpc) is 1.84. The summed E-state index contributed by atoms with van der Waals surface area (Å²) in [6.45, 7) is 6.52. The molecule has 1 unspecified atom stereocenters. The van der Waals surface area contributed by atoms with Gasteiger partial charge >= 0.3 is 0 Å². The molecule has 0 spiro atoms. The topological polar surface area (TPSA) is 61.9 Å². The summed E-state index contributed by atoms with van der Waals surface area (Å²) in [6.07, 6.45) is 3.32. The molecule has 0 radical (unpaired) electrons. The van der Waals surface area contributed by atoms with Crippen LogP contribution < -0.4 is 11.1 Å². The van der Waals surface area contributed by atoms with Crippen molar-refractivity contribution >= 4 is 5.96 Å². The number of nitrogens with two attached hydrogens (primary N) is 1. The molecule has 3 nitrogen and oxygen atoms in total. The summed E-state index contributed by atoms with van der Waals surface area (Å²) in [7, 11) is 0. The molecule has 0 bridgehead atoms. The number of hydrogen-bond donors (Lipinski definition) is 3. The summed E-state index contributed by atoms with van der Waals surface area (Å²) in [5, 5.41) is 10.1. The summed E-state index contributed by atoms with van der Waals surface area (Å²) in [5.74, 6) is 0.752. The van der Waals surface area contributed by atoms with Crippen LogP contribution in [-0.2, 0) is 0 Å². The molecule has 0 aliphatic carbocycles. The summed E-state index contributed by atoms with van der Waals surface area (Å²) in [5.41, 5.74) is 5.27. The van der Waals surface area contributed by atoms with Crippen molar-refractivity contribution in [1.82, 2.24) is 5.32 Å². The molecule has 0 rings (SSSR count). The van der Waals surface area contributed by atoms with Crippen LogP contribution in [0, 0.1) is 11.3 Å². The van der Waals surface area contributed by atoms with Crippen molar-refractivity contribution in [2.24, 2.45) is 11.7 Å². The first-order valence-electron chi connectivity index (χ1n) is 4.66. The third kappa shape index (κ3) is 6.01. The second-order valence-corrected chi connectivity index (χ2v) is 3.67. The van der Waals surface area contributed by atoms with Gasteiger partial charge in [-0.15, -0.1) is 0 Å². The van der Waals surface area contributed by atoms with Gasteiger partial charge in [-0.2, -0.15) is 0 Å². The van der Waals surface area contributed by atoms with E-state index in [9.17, 15) is 0 Å². The van der Waals surface area contributed by atoms with Gasteiger partial charge in [0.2, 0.25) is 0 Å². The van der Waals surface area contributed by atoms with E-state index in [2.05, 4.69) is 26.1 Å². The summed E-state index contributed by atoms with van der Waals surface area (Å²) in [6, 6.07) is 0.382. The fourth-order valence-corrected chi connectivity index (χ4v) is 1.39. The minimum absolute atomic E-state index is 0.0918. The van der Waals surface area contributed by atoms with Crippen LogP contribution in [0.4, 0.5) is 0 Å². The lowest BCUT2D eigenvalue weighted by Crippen LogP contribution is -2.39. The van der Waals surface area contributed by atoms with E-state index in [0.717, 1.165) is 19.3 Å². The number of hydrogen-bond acceptors (Lipinski definition) is 1. The number of nitrogens with one attached hydrogen (secondary N) is 2. The molecule has 12 heavy (non-hydrogen) atoms. The molecule has 0 fully saturated rings. The average molecular weight is 171 g/mol. The van der Waals surface area contributed by atoms with Gasteiger partial charge in [-0.25, -0.2) is 0 Å². The van der Waals surface area contributed by atoms with Gasteiger partial charge in [0.25, 0.3) is 0 Å². The SMILES string of the molecule is CCCC(CC(C)C)NC(=N)N. The second kappa shape index (κ2) is 5.86. The Morgan fingerprint density at radius 3 is 2.42 bits per heavy atom. The summed E-state index contributed by atoms with van der Waals surface area (Å²) >= 11 is 0. The standard InChI is InChI=1S/C9H21N3/c1-4-5-8(6-7(2)3)12-9(10)11/h7-8H,4-6H2,1-3H3,(H4,10,11,12). The molecule has 0 amide bonds. The highest BCUT2D eigenvalue weighted by Gasteiger charge is 2.09. The Balaban J connectivity index is 3.77. The Hall–Kier alpha value is -0.730. The Kier molecular flexibility index (Phi) is 5.51. The van der Waals surface area contributed by atoms with Crippen molar-refractivity contribution in [3.63, 3.8) is 0 Å². The van der Waals surface area contributed by atoms with E-state index in [0.29, 0.717) is 12.0 Å². The van der Waals surface area contributed by atoms with Crippen molar-refractivity contribution in [2.75, 3.05) is 0 Å². The molecule has 0 aromatic rings. The van der Waals surface area contributed by atoms with E-state index in [-0.39, 0.29) is 5.96 Å². The fourth-order valence-electron chi connectivity index (χ4n) is 1.39. The Labute approximate surface area is 75.2 Å². The van der Waals surface area contributed by atoms with Crippen molar-refractivity contribution in [2.45, 2.75) is 46.1 Å². The van der Waals surface area contributed by atoms with Gasteiger partial charge in [-0.05, 0) is 18.8 Å². The van der Waals surface area contributed by atoms with Crippen LogP contribution in [-0.4, -0.2) is 12.0 Å². The van der Waals surface area contributed by atoms with E-state index in [1.807, 2.05) is 0 Å². The maximum atomic E-state index is 7.11. The zero-order valence-corrected chi connectivity index (χ0v) is 8.35. The van der Waals surface area contributed by atoms with Gasteiger partial charge in [-0.3, -0.25) is 5.41 Å². The number of rotatable bonds is 5. The van der Waals surface area contributed by atoms with E-state index < -0.39 is 0 Å². The van der Waals surface area contributed by atoms with Gasteiger partial charge in [-0.1, -0.05) is 27.2 Å². The number of guanidine groups is 1. The Bertz CT molecular complexity index is 132. The molecule has 0 aliphatic heterocycles. The summed E-state index contributed by atoms with van der Waals surface area (Å²) in [4.78, 5) is 0. The molecule has 3 heteroatoms. The molecule has 0 aromatic carbocycles. The minimum atomic E-state index is 0.0918. The van der Waals surface area contributed by atoms with E-state index in [1.165, 1.54) is 0 Å². The fraction of sp³-hybridized carbons (Fsp3) is 0.889. The predicted molar refractivity (Wildman–Crippen MR) is 53.2 cm³/mol. The smallest absolute Gasteiger partial charge is 0.185 e. The van der Waals surface area contributed by atoms with Crippen LogP contribution >= 0.6 is 0 Å². The van der Waals surface area contributed by atoms with Crippen molar-refractivity contribution in [3.8, 4) is 0 Å². The maximum Gasteiger partial charge on any atom is 0.185 e. The molecule has 1 atom stereocenters. The van der Waals surface area contributed by atoms with Gasteiger partial charge in [0, 0.05) is 6.04 Å². The highest BCUT2D eigenvalue weighted by molar-refractivity contribution is 5.74. The van der Waals surface area contributed by atoms with Gasteiger partial charge in [0.1, 0.15) is 0 Å². The van der Waals surface area contributed by atoms with Gasteiger partial charge < -0.3 is 11.1 Å². The maximum absolute atomic E-state index is 7.11. The molecule has 0 saturated heterocycles. The first-order chi connectivity index (χ1) is 5.56. The first kappa shape index (κ1) is 11.3. The Morgan fingerprint density at radius 2 is 2.08 bits per heavy atom. The molecule has 0 aliphatic rings. The van der Waals surface area contributed by atoms with Crippen LogP contribution in [0.15, 0.2) is 0 Å². The highest BCUT2D eigenvalue weighted by atomic mass is 15.1. The lowest BCUT2D eigenvalue weighted by Gasteiger charge is -2.19. The van der Waals surface area contributed by atoms with Crippen LogP contribution in [0.3, 0.4) is 0 Å². The zero-order chi connectivity index (χ0) is 9.56. The normalized spacial score (nSPS) is 13.0. The third-order valence-corrected chi connectivity index (χ3v) is 1.75. The monoisotopic (exact) mass is 171 g/mol. The van der Waals surface area contributed by atoms with Crippen molar-refractivity contribution in [3.05, 3.63) is 0 Å². The lowest BCUT2D eigenvalue weighted by atomic mass is 10.0. The van der Waals surface area contributed by atoms with Crippen molar-refractivity contribution < 1.29 is 0 Å². The third-order valence-electron chi connectivity index (χ3n) is 1.75. The van der Waals surface area contributed by atoms with Gasteiger partial charge in [0.05, 0.1) is 0 Å². The molecule has 0 saturated carbocycles. The molecule has 0 aromatic heterocycles. The predicted octanol–water partition coefficient (Wildman–Crippen LogP) is 1.68. The Morgan fingerprint density at radius 1 is 1.50 bits per heavy atom. The van der Waals surface area contributed by atoms with Gasteiger partial charge in [0.15, 0.2) is 5.96 Å². The zero-order valence-electron chi connectivity index (χ0n) is 8.35. The van der Waals surface area contributed by atoms with Crippen LogP contribution in [0.25, 0.3) is 0 Å². The first-order valence-corrected chi connectivity index (χ1v) is 4.66. The van der Waals surface area contributed by atoms with Crippen LogP contribution in [0.1, 0.15) is 40.0 Å². The largest absolute Gasteiger partial charge is 0.370 e. The van der Waals surface area contributed by atoms with E-state index in [4.69, 9.17) is 11.1 Å². The van der Waals surface area contributed by atoms with E-state index in [1.54, 1.807) is 0 Å². The molecule has 0 heterocycles. The van der Waals surface area contributed by atoms with Crippen LogP contribution in [0.5, 0.6) is 0 Å². The molecular formula is C9H21N3. The van der Waals surface area contributed by atoms with Crippen LogP contribution in [0.2, 0.25) is 0 Å². The minimum Gasteiger partial charge on any atom is -0.370 e. The quantitative estimate of drug-likeness (QED) is 0.435. The molecule has 72 valence electrons. The molecular weight excluding hydrogens is 150 g/mol.